The molecule has 2 aromatic rings. The highest BCUT2D eigenvalue weighted by Crippen LogP contribution is 2.27. The van der Waals surface area contributed by atoms with E-state index in [1.54, 1.807) is 6.20 Å². The van der Waals surface area contributed by atoms with Crippen molar-refractivity contribution in [3.8, 4) is 11.3 Å². The van der Waals surface area contributed by atoms with Gasteiger partial charge in [0.2, 0.25) is 0 Å². The lowest BCUT2D eigenvalue weighted by atomic mass is 10.1. The minimum Gasteiger partial charge on any atom is -0.441 e. The molecule has 2 rings (SSSR count). The lowest BCUT2D eigenvalue weighted by Crippen LogP contribution is -2.37. The molecule has 1 aromatic carbocycles. The van der Waals surface area contributed by atoms with Crippen LogP contribution in [0.4, 0.5) is 0 Å². The van der Waals surface area contributed by atoms with Gasteiger partial charge in [0.1, 0.15) is 0 Å². The highest BCUT2D eigenvalue weighted by molar-refractivity contribution is 6.30. The monoisotopic (exact) mass is 292 g/mol. The maximum absolute atomic E-state index is 6.04. The molecule has 20 heavy (non-hydrogen) atoms. The van der Waals surface area contributed by atoms with Crippen molar-refractivity contribution in [3.63, 3.8) is 0 Å². The zero-order chi connectivity index (χ0) is 14.8. The van der Waals surface area contributed by atoms with E-state index in [4.69, 9.17) is 16.0 Å². The number of halogens is 1. The van der Waals surface area contributed by atoms with E-state index in [-0.39, 0.29) is 5.54 Å². The summed E-state index contributed by atoms with van der Waals surface area (Å²) in [5, 5.41) is 4.13. The van der Waals surface area contributed by atoms with Crippen LogP contribution in [0.2, 0.25) is 5.02 Å². The Labute approximate surface area is 125 Å². The molecule has 0 bridgehead atoms. The molecular weight excluding hydrogens is 272 g/mol. The number of aromatic nitrogens is 1. The summed E-state index contributed by atoms with van der Waals surface area (Å²) in [5.74, 6) is 1.52. The van der Waals surface area contributed by atoms with E-state index in [1.165, 1.54) is 0 Å². The lowest BCUT2D eigenvalue weighted by Gasteiger charge is -2.19. The number of benzene rings is 1. The van der Waals surface area contributed by atoms with Crippen molar-refractivity contribution in [2.45, 2.75) is 39.7 Å². The van der Waals surface area contributed by atoms with Crippen LogP contribution < -0.4 is 5.32 Å². The van der Waals surface area contributed by atoms with E-state index < -0.39 is 0 Å². The molecule has 0 spiro atoms. The zero-order valence-electron chi connectivity index (χ0n) is 12.5. The highest BCUT2D eigenvalue weighted by atomic mass is 35.5. The number of rotatable bonds is 4. The molecule has 108 valence electrons. The van der Waals surface area contributed by atoms with Crippen molar-refractivity contribution in [1.29, 1.82) is 0 Å². The molecule has 0 saturated heterocycles. The van der Waals surface area contributed by atoms with E-state index in [9.17, 15) is 0 Å². The number of nitrogens with zero attached hydrogens (tertiary/aromatic N) is 1. The Morgan fingerprint density at radius 3 is 2.75 bits per heavy atom. The molecule has 0 fully saturated rings. The molecule has 0 aliphatic heterocycles. The van der Waals surface area contributed by atoms with Gasteiger partial charge in [-0.25, -0.2) is 4.98 Å². The molecule has 0 amide bonds. The largest absolute Gasteiger partial charge is 0.441 e. The number of hydrogen-bond acceptors (Lipinski definition) is 3. The first-order valence-corrected chi connectivity index (χ1v) is 7.19. The third-order valence-electron chi connectivity index (χ3n) is 3.01. The Bertz CT molecular complexity index is 584. The van der Waals surface area contributed by atoms with Crippen LogP contribution >= 0.6 is 11.6 Å². The Kier molecular flexibility index (Phi) is 4.51. The molecule has 0 saturated carbocycles. The van der Waals surface area contributed by atoms with Gasteiger partial charge in [0.05, 0.1) is 6.20 Å². The quantitative estimate of drug-likeness (QED) is 0.916. The summed E-state index contributed by atoms with van der Waals surface area (Å²) < 4.78 is 5.81. The normalized spacial score (nSPS) is 11.8. The van der Waals surface area contributed by atoms with Crippen LogP contribution in [0.1, 0.15) is 32.2 Å². The van der Waals surface area contributed by atoms with Gasteiger partial charge in [-0.3, -0.25) is 0 Å². The fraction of sp³-hybridized carbons (Fsp3) is 0.438. The van der Waals surface area contributed by atoms with Crippen LogP contribution in [0.3, 0.4) is 0 Å². The number of hydrogen-bond donors (Lipinski definition) is 1. The van der Waals surface area contributed by atoms with E-state index >= 15 is 0 Å². The molecule has 1 heterocycles. The van der Waals surface area contributed by atoms with Gasteiger partial charge in [0, 0.05) is 29.1 Å². The lowest BCUT2D eigenvalue weighted by molar-refractivity contribution is 0.412. The van der Waals surface area contributed by atoms with Gasteiger partial charge < -0.3 is 9.73 Å². The second-order valence-electron chi connectivity index (χ2n) is 6.00. The van der Waals surface area contributed by atoms with Gasteiger partial charge in [0.15, 0.2) is 11.7 Å². The molecular formula is C16H21ClN2O. The van der Waals surface area contributed by atoms with Gasteiger partial charge in [-0.05, 0) is 45.4 Å². The molecule has 1 aromatic heterocycles. The topological polar surface area (TPSA) is 38.1 Å². The number of oxazole rings is 1. The van der Waals surface area contributed by atoms with Gasteiger partial charge >= 0.3 is 0 Å². The van der Waals surface area contributed by atoms with Crippen molar-refractivity contribution in [1.82, 2.24) is 10.3 Å². The van der Waals surface area contributed by atoms with Crippen molar-refractivity contribution < 1.29 is 4.42 Å². The van der Waals surface area contributed by atoms with E-state index in [1.807, 2.05) is 25.1 Å². The molecule has 0 atom stereocenters. The van der Waals surface area contributed by atoms with E-state index in [0.717, 1.165) is 35.7 Å². The van der Waals surface area contributed by atoms with Crippen LogP contribution in [0, 0.1) is 6.92 Å². The Morgan fingerprint density at radius 2 is 2.05 bits per heavy atom. The second-order valence-corrected chi connectivity index (χ2v) is 6.44. The minimum atomic E-state index is 0.110. The summed E-state index contributed by atoms with van der Waals surface area (Å²) in [6, 6.07) is 5.78. The Balaban J connectivity index is 2.07. The summed E-state index contributed by atoms with van der Waals surface area (Å²) in [5.41, 5.74) is 2.24. The van der Waals surface area contributed by atoms with Crippen LogP contribution in [0.15, 0.2) is 28.8 Å². The van der Waals surface area contributed by atoms with Gasteiger partial charge in [-0.2, -0.15) is 0 Å². The van der Waals surface area contributed by atoms with Crippen LogP contribution in [-0.4, -0.2) is 17.1 Å². The predicted molar refractivity (Wildman–Crippen MR) is 83.1 cm³/mol. The Morgan fingerprint density at radius 1 is 1.30 bits per heavy atom. The van der Waals surface area contributed by atoms with Gasteiger partial charge in [-0.1, -0.05) is 17.7 Å². The average molecular weight is 293 g/mol. The summed E-state index contributed by atoms with van der Waals surface area (Å²) in [6.07, 6.45) is 2.54. The summed E-state index contributed by atoms with van der Waals surface area (Å²) >= 11 is 6.04. The molecule has 1 N–H and O–H groups in total. The molecule has 0 aliphatic rings. The first-order valence-electron chi connectivity index (χ1n) is 6.81. The van der Waals surface area contributed by atoms with Crippen LogP contribution in [0.25, 0.3) is 11.3 Å². The van der Waals surface area contributed by atoms with Gasteiger partial charge in [-0.15, -0.1) is 0 Å². The minimum absolute atomic E-state index is 0.110. The standard InChI is InChI=1S/C16H21ClN2O/c1-11-5-6-12(17)9-13(11)14-10-18-15(20-14)7-8-19-16(2,3)4/h5-6,9-10,19H,7-8H2,1-4H3. The van der Waals surface area contributed by atoms with Gasteiger partial charge in [0.25, 0.3) is 0 Å². The summed E-state index contributed by atoms with van der Waals surface area (Å²) in [4.78, 5) is 4.33. The Hall–Kier alpha value is -1.32. The third kappa shape index (κ3) is 4.09. The maximum Gasteiger partial charge on any atom is 0.196 e. The fourth-order valence-corrected chi connectivity index (χ4v) is 2.13. The SMILES string of the molecule is Cc1ccc(Cl)cc1-c1cnc(CCNC(C)(C)C)o1. The fourth-order valence-electron chi connectivity index (χ4n) is 1.95. The molecule has 4 heteroatoms. The molecule has 0 aliphatic carbocycles. The molecule has 0 unspecified atom stereocenters. The first-order chi connectivity index (χ1) is 9.35. The highest BCUT2D eigenvalue weighted by Gasteiger charge is 2.11. The third-order valence-corrected chi connectivity index (χ3v) is 3.25. The number of nitrogens with one attached hydrogen (secondary N) is 1. The maximum atomic E-state index is 6.04. The van der Waals surface area contributed by atoms with Crippen molar-refractivity contribution in [3.05, 3.63) is 40.9 Å². The van der Waals surface area contributed by atoms with Crippen molar-refractivity contribution in [2.75, 3.05) is 6.54 Å². The molecule has 0 radical (unpaired) electrons. The van der Waals surface area contributed by atoms with Crippen molar-refractivity contribution in [2.24, 2.45) is 0 Å². The average Bonchev–Trinajstić information content (AvgIpc) is 2.79. The second kappa shape index (κ2) is 5.98. The number of aryl methyl sites for hydroxylation is 1. The smallest absolute Gasteiger partial charge is 0.196 e. The summed E-state index contributed by atoms with van der Waals surface area (Å²) in [6.45, 7) is 9.31. The zero-order valence-corrected chi connectivity index (χ0v) is 13.2. The van der Waals surface area contributed by atoms with E-state index in [0.29, 0.717) is 5.02 Å². The molecule has 3 nitrogen and oxygen atoms in total. The first kappa shape index (κ1) is 15.1. The van der Waals surface area contributed by atoms with Crippen LogP contribution in [-0.2, 0) is 6.42 Å². The van der Waals surface area contributed by atoms with E-state index in [2.05, 4.69) is 31.1 Å². The van der Waals surface area contributed by atoms with Crippen LogP contribution in [0.5, 0.6) is 0 Å². The van der Waals surface area contributed by atoms with Crippen molar-refractivity contribution >= 4 is 11.6 Å². The predicted octanol–water partition coefficient (Wildman–Crippen LogP) is 4.23. The summed E-state index contributed by atoms with van der Waals surface area (Å²) in [7, 11) is 0.